The number of aromatic nitrogens is 2. The van der Waals surface area contributed by atoms with E-state index >= 15 is 0 Å². The summed E-state index contributed by atoms with van der Waals surface area (Å²) in [5.74, 6) is 0.637. The molecule has 1 heterocycles. The molecule has 29 heavy (non-hydrogen) atoms. The Labute approximate surface area is 172 Å². The van der Waals surface area contributed by atoms with Crippen LogP contribution in [0.4, 0.5) is 0 Å². The molecule has 0 saturated carbocycles. The normalized spacial score (nSPS) is 11.0. The zero-order valence-electron chi connectivity index (χ0n) is 17.4. The lowest BCUT2D eigenvalue weighted by atomic mass is 10.1. The minimum absolute atomic E-state index is 0.141. The van der Waals surface area contributed by atoms with Crippen LogP contribution in [0.25, 0.3) is 6.08 Å². The molecule has 0 atom stereocenters. The molecule has 1 amide bonds. The van der Waals surface area contributed by atoms with E-state index in [1.807, 2.05) is 48.9 Å². The third-order valence-corrected chi connectivity index (χ3v) is 4.89. The number of methoxy groups -OCH3 is 1. The highest BCUT2D eigenvalue weighted by Crippen LogP contribution is 2.17. The van der Waals surface area contributed by atoms with Crippen molar-refractivity contribution in [2.75, 3.05) is 7.11 Å². The Morgan fingerprint density at radius 1 is 1.10 bits per heavy atom. The number of hydrogen-bond acceptors (Lipinski definition) is 3. The zero-order chi connectivity index (χ0) is 20.8. The van der Waals surface area contributed by atoms with E-state index in [4.69, 9.17) is 4.74 Å². The fourth-order valence-electron chi connectivity index (χ4n) is 3.16. The predicted molar refractivity (Wildman–Crippen MR) is 116 cm³/mol. The van der Waals surface area contributed by atoms with Crippen LogP contribution in [0.2, 0.25) is 0 Å². The summed E-state index contributed by atoms with van der Waals surface area (Å²) in [6.07, 6.45) is 3.40. The van der Waals surface area contributed by atoms with Crippen LogP contribution in [0, 0.1) is 20.8 Å². The summed E-state index contributed by atoms with van der Waals surface area (Å²) in [4.78, 5) is 12.2. The summed E-state index contributed by atoms with van der Waals surface area (Å²) < 4.78 is 7.19. The third kappa shape index (κ3) is 5.35. The minimum atomic E-state index is -0.141. The fraction of sp³-hybridized carbons (Fsp3) is 0.250. The van der Waals surface area contributed by atoms with Crippen LogP contribution in [0.15, 0.2) is 54.6 Å². The van der Waals surface area contributed by atoms with Crippen molar-refractivity contribution in [1.29, 1.82) is 0 Å². The van der Waals surface area contributed by atoms with Gasteiger partial charge in [0.15, 0.2) is 0 Å². The molecule has 0 unspecified atom stereocenters. The first-order valence-corrected chi connectivity index (χ1v) is 9.64. The molecule has 0 aliphatic rings. The van der Waals surface area contributed by atoms with Crippen LogP contribution in [0.3, 0.4) is 0 Å². The molecule has 0 spiro atoms. The van der Waals surface area contributed by atoms with Crippen LogP contribution in [-0.2, 0) is 17.9 Å². The highest BCUT2D eigenvalue weighted by molar-refractivity contribution is 5.91. The average molecular weight is 389 g/mol. The summed E-state index contributed by atoms with van der Waals surface area (Å²) in [6.45, 7) is 7.23. The van der Waals surface area contributed by atoms with E-state index in [0.717, 1.165) is 28.3 Å². The second kappa shape index (κ2) is 9.24. The maximum Gasteiger partial charge on any atom is 0.244 e. The fourth-order valence-corrected chi connectivity index (χ4v) is 3.16. The van der Waals surface area contributed by atoms with E-state index in [9.17, 15) is 4.79 Å². The SMILES string of the molecule is COc1cccc(CNC(=O)C=Cc2c(C)nn(Cc3ccc(C)cc3)c2C)c1. The van der Waals surface area contributed by atoms with E-state index in [-0.39, 0.29) is 5.91 Å². The number of amides is 1. The highest BCUT2D eigenvalue weighted by atomic mass is 16.5. The summed E-state index contributed by atoms with van der Waals surface area (Å²) in [7, 11) is 1.63. The highest BCUT2D eigenvalue weighted by Gasteiger charge is 2.10. The molecule has 2 aromatic carbocycles. The molecule has 5 nitrogen and oxygen atoms in total. The van der Waals surface area contributed by atoms with Gasteiger partial charge in [-0.25, -0.2) is 0 Å². The van der Waals surface area contributed by atoms with Crippen molar-refractivity contribution in [3.63, 3.8) is 0 Å². The van der Waals surface area contributed by atoms with Crippen LogP contribution in [0.1, 0.15) is 33.6 Å². The van der Waals surface area contributed by atoms with E-state index in [1.165, 1.54) is 11.1 Å². The molecule has 0 fully saturated rings. The Bertz CT molecular complexity index is 1020. The van der Waals surface area contributed by atoms with Gasteiger partial charge in [0.05, 0.1) is 19.3 Å². The Morgan fingerprint density at radius 3 is 2.59 bits per heavy atom. The standard InChI is InChI=1S/C24H27N3O2/c1-17-8-10-20(11-9-17)16-27-19(3)23(18(2)26-27)12-13-24(28)25-15-21-6-5-7-22(14-21)29-4/h5-14H,15-16H2,1-4H3,(H,25,28). The number of benzene rings is 2. The van der Waals surface area contributed by atoms with E-state index in [0.29, 0.717) is 13.1 Å². The van der Waals surface area contributed by atoms with Gasteiger partial charge in [-0.1, -0.05) is 42.0 Å². The summed E-state index contributed by atoms with van der Waals surface area (Å²) in [5.41, 5.74) is 6.36. The van der Waals surface area contributed by atoms with Crippen molar-refractivity contribution in [2.45, 2.75) is 33.9 Å². The number of rotatable bonds is 7. The predicted octanol–water partition coefficient (Wildman–Crippen LogP) is 4.19. The Kier molecular flexibility index (Phi) is 6.50. The van der Waals surface area contributed by atoms with Crippen LogP contribution < -0.4 is 10.1 Å². The summed E-state index contributed by atoms with van der Waals surface area (Å²) in [6, 6.07) is 16.1. The van der Waals surface area contributed by atoms with Gasteiger partial charge in [0.25, 0.3) is 0 Å². The molecule has 3 rings (SSSR count). The van der Waals surface area contributed by atoms with Gasteiger partial charge >= 0.3 is 0 Å². The van der Waals surface area contributed by atoms with Crippen molar-refractivity contribution in [2.24, 2.45) is 0 Å². The van der Waals surface area contributed by atoms with E-state index < -0.39 is 0 Å². The number of hydrogen-bond donors (Lipinski definition) is 1. The minimum Gasteiger partial charge on any atom is -0.497 e. The number of ether oxygens (including phenoxy) is 1. The van der Waals surface area contributed by atoms with Gasteiger partial charge < -0.3 is 10.1 Å². The molecule has 0 bridgehead atoms. The lowest BCUT2D eigenvalue weighted by molar-refractivity contribution is -0.116. The van der Waals surface area contributed by atoms with Gasteiger partial charge in [-0.15, -0.1) is 0 Å². The van der Waals surface area contributed by atoms with Crippen LogP contribution >= 0.6 is 0 Å². The monoisotopic (exact) mass is 389 g/mol. The van der Waals surface area contributed by atoms with Gasteiger partial charge in [0.2, 0.25) is 5.91 Å². The van der Waals surface area contributed by atoms with Crippen molar-refractivity contribution >= 4 is 12.0 Å². The molecule has 150 valence electrons. The molecule has 1 N–H and O–H groups in total. The van der Waals surface area contributed by atoms with Crippen molar-refractivity contribution in [3.05, 3.63) is 88.2 Å². The van der Waals surface area contributed by atoms with Gasteiger partial charge in [0.1, 0.15) is 5.75 Å². The first-order valence-electron chi connectivity index (χ1n) is 9.64. The lowest BCUT2D eigenvalue weighted by Crippen LogP contribution is -2.20. The van der Waals surface area contributed by atoms with Gasteiger partial charge in [-0.2, -0.15) is 5.10 Å². The van der Waals surface area contributed by atoms with Crippen LogP contribution in [0.5, 0.6) is 5.75 Å². The van der Waals surface area contributed by atoms with Gasteiger partial charge in [-0.3, -0.25) is 9.48 Å². The molecule has 5 heteroatoms. The number of nitrogens with zero attached hydrogens (tertiary/aromatic N) is 2. The first-order chi connectivity index (χ1) is 14.0. The summed E-state index contributed by atoms with van der Waals surface area (Å²) in [5, 5.41) is 7.54. The van der Waals surface area contributed by atoms with Crippen molar-refractivity contribution < 1.29 is 9.53 Å². The molecule has 0 aliphatic heterocycles. The van der Waals surface area contributed by atoms with Gasteiger partial charge in [0, 0.05) is 23.9 Å². The van der Waals surface area contributed by atoms with E-state index in [2.05, 4.69) is 41.6 Å². The molecule has 0 radical (unpaired) electrons. The van der Waals surface area contributed by atoms with Crippen molar-refractivity contribution in [3.8, 4) is 5.75 Å². The topological polar surface area (TPSA) is 56.1 Å². The smallest absolute Gasteiger partial charge is 0.244 e. The molecular formula is C24H27N3O2. The third-order valence-electron chi connectivity index (χ3n) is 4.89. The Balaban J connectivity index is 1.64. The number of carbonyl (C=O) groups is 1. The van der Waals surface area contributed by atoms with E-state index in [1.54, 1.807) is 13.2 Å². The largest absolute Gasteiger partial charge is 0.497 e. The maximum atomic E-state index is 12.2. The second-order valence-electron chi connectivity index (χ2n) is 7.13. The maximum absolute atomic E-state index is 12.2. The number of aryl methyl sites for hydroxylation is 2. The molecule has 0 aliphatic carbocycles. The number of nitrogens with one attached hydrogen (secondary N) is 1. The van der Waals surface area contributed by atoms with Crippen molar-refractivity contribution in [1.82, 2.24) is 15.1 Å². The molecule has 1 aromatic heterocycles. The molecule has 0 saturated heterocycles. The molecule has 3 aromatic rings. The Hall–Kier alpha value is -3.34. The zero-order valence-corrected chi connectivity index (χ0v) is 17.4. The first kappa shape index (κ1) is 20.4. The van der Waals surface area contributed by atoms with Crippen LogP contribution in [-0.4, -0.2) is 22.8 Å². The number of carbonyl (C=O) groups excluding carboxylic acids is 1. The second-order valence-corrected chi connectivity index (χ2v) is 7.13. The van der Waals surface area contributed by atoms with Gasteiger partial charge in [-0.05, 0) is 50.1 Å². The quantitative estimate of drug-likeness (QED) is 0.616. The molecular weight excluding hydrogens is 362 g/mol. The average Bonchev–Trinajstić information content (AvgIpc) is 2.99. The lowest BCUT2D eigenvalue weighted by Gasteiger charge is -2.06. The summed E-state index contributed by atoms with van der Waals surface area (Å²) >= 11 is 0. The Morgan fingerprint density at radius 2 is 1.86 bits per heavy atom.